The Labute approximate surface area is 113 Å². The molecule has 0 saturated heterocycles. The highest BCUT2D eigenvalue weighted by molar-refractivity contribution is 5.77. The first kappa shape index (κ1) is 15.2. The zero-order chi connectivity index (χ0) is 14.3. The fourth-order valence-corrected chi connectivity index (χ4v) is 1.65. The lowest BCUT2D eigenvalue weighted by Crippen LogP contribution is -2.33. The van der Waals surface area contributed by atoms with Crippen molar-refractivity contribution in [1.82, 2.24) is 10.6 Å². The molecule has 0 spiro atoms. The first-order valence-corrected chi connectivity index (χ1v) is 6.33. The van der Waals surface area contributed by atoms with Crippen molar-refractivity contribution in [2.45, 2.75) is 26.3 Å². The highest BCUT2D eigenvalue weighted by atomic mass is 16.4. The number of carbonyl (C=O) groups excluding carboxylic acids is 1. The molecule has 0 radical (unpaired) electrons. The zero-order valence-electron chi connectivity index (χ0n) is 11.3. The van der Waals surface area contributed by atoms with Crippen molar-refractivity contribution in [3.8, 4) is 0 Å². The number of carboxylic acids is 1. The average molecular weight is 264 g/mol. The minimum Gasteiger partial charge on any atom is -0.481 e. The maximum atomic E-state index is 11.2. The predicted octanol–water partition coefficient (Wildman–Crippen LogP) is 1.10. The quantitative estimate of drug-likeness (QED) is 0.689. The van der Waals surface area contributed by atoms with Gasteiger partial charge in [0.2, 0.25) is 5.91 Å². The Morgan fingerprint density at radius 2 is 1.89 bits per heavy atom. The standard InChI is InChI=1S/C14H20N2O3/c1-3-16-13(17)9-15-8-11-4-6-12(7-5-11)10(2)14(18)19/h4-7,10,15H,3,8-9H2,1-2H3,(H,16,17)(H,18,19). The highest BCUT2D eigenvalue weighted by Crippen LogP contribution is 2.15. The molecule has 1 aromatic carbocycles. The monoisotopic (exact) mass is 264 g/mol. The molecule has 5 nitrogen and oxygen atoms in total. The number of nitrogens with one attached hydrogen (secondary N) is 2. The normalized spacial score (nSPS) is 11.9. The topological polar surface area (TPSA) is 78.4 Å². The van der Waals surface area contributed by atoms with Crippen LogP contribution in [0.3, 0.4) is 0 Å². The average Bonchev–Trinajstić information content (AvgIpc) is 2.39. The van der Waals surface area contributed by atoms with E-state index >= 15 is 0 Å². The van der Waals surface area contributed by atoms with E-state index in [1.165, 1.54) is 0 Å². The van der Waals surface area contributed by atoms with Crippen LogP contribution in [0.5, 0.6) is 0 Å². The van der Waals surface area contributed by atoms with E-state index in [2.05, 4.69) is 10.6 Å². The summed E-state index contributed by atoms with van der Waals surface area (Å²) in [6, 6.07) is 7.36. The van der Waals surface area contributed by atoms with Crippen molar-refractivity contribution in [2.24, 2.45) is 0 Å². The molecule has 5 heteroatoms. The van der Waals surface area contributed by atoms with Crippen molar-refractivity contribution < 1.29 is 14.7 Å². The summed E-state index contributed by atoms with van der Waals surface area (Å²) in [5, 5.41) is 14.6. The van der Waals surface area contributed by atoms with Gasteiger partial charge in [-0.15, -0.1) is 0 Å². The van der Waals surface area contributed by atoms with Crippen LogP contribution in [0.1, 0.15) is 30.9 Å². The maximum absolute atomic E-state index is 11.2. The van der Waals surface area contributed by atoms with Crippen LogP contribution in [0.25, 0.3) is 0 Å². The van der Waals surface area contributed by atoms with Crippen LogP contribution in [0.4, 0.5) is 0 Å². The van der Waals surface area contributed by atoms with E-state index in [-0.39, 0.29) is 12.5 Å². The SMILES string of the molecule is CCNC(=O)CNCc1ccc(C(C)C(=O)O)cc1. The van der Waals surface area contributed by atoms with Crippen LogP contribution >= 0.6 is 0 Å². The Bertz CT molecular complexity index is 429. The van der Waals surface area contributed by atoms with E-state index < -0.39 is 11.9 Å². The summed E-state index contributed by atoms with van der Waals surface area (Å²) in [5.41, 5.74) is 1.80. The Morgan fingerprint density at radius 1 is 1.26 bits per heavy atom. The summed E-state index contributed by atoms with van der Waals surface area (Å²) in [7, 11) is 0. The predicted molar refractivity (Wildman–Crippen MR) is 72.9 cm³/mol. The second-order valence-corrected chi connectivity index (χ2v) is 4.36. The van der Waals surface area contributed by atoms with E-state index in [0.717, 1.165) is 11.1 Å². The van der Waals surface area contributed by atoms with Gasteiger partial charge in [0.25, 0.3) is 0 Å². The maximum Gasteiger partial charge on any atom is 0.310 e. The molecule has 0 aliphatic heterocycles. The largest absolute Gasteiger partial charge is 0.481 e. The van der Waals surface area contributed by atoms with Crippen molar-refractivity contribution >= 4 is 11.9 Å². The summed E-state index contributed by atoms with van der Waals surface area (Å²) in [6.07, 6.45) is 0. The van der Waals surface area contributed by atoms with Crippen LogP contribution < -0.4 is 10.6 Å². The number of carbonyl (C=O) groups is 2. The van der Waals surface area contributed by atoms with Crippen LogP contribution in [0.15, 0.2) is 24.3 Å². The second kappa shape index (κ2) is 7.53. The second-order valence-electron chi connectivity index (χ2n) is 4.36. The van der Waals surface area contributed by atoms with E-state index in [9.17, 15) is 9.59 Å². The fraction of sp³-hybridized carbons (Fsp3) is 0.429. The first-order chi connectivity index (χ1) is 9.04. The number of rotatable bonds is 7. The van der Waals surface area contributed by atoms with Gasteiger partial charge in [-0.05, 0) is 25.0 Å². The van der Waals surface area contributed by atoms with Crippen LogP contribution in [-0.4, -0.2) is 30.1 Å². The van der Waals surface area contributed by atoms with Gasteiger partial charge in [-0.3, -0.25) is 9.59 Å². The molecule has 104 valence electrons. The van der Waals surface area contributed by atoms with E-state index in [0.29, 0.717) is 13.1 Å². The van der Waals surface area contributed by atoms with Crippen molar-refractivity contribution in [3.05, 3.63) is 35.4 Å². The van der Waals surface area contributed by atoms with Crippen molar-refractivity contribution in [1.29, 1.82) is 0 Å². The van der Waals surface area contributed by atoms with Crippen LogP contribution in [0.2, 0.25) is 0 Å². The molecule has 1 amide bonds. The van der Waals surface area contributed by atoms with Gasteiger partial charge in [-0.2, -0.15) is 0 Å². The smallest absolute Gasteiger partial charge is 0.310 e. The van der Waals surface area contributed by atoms with Crippen LogP contribution in [0, 0.1) is 0 Å². The molecule has 0 aromatic heterocycles. The lowest BCUT2D eigenvalue weighted by molar-refractivity contribution is -0.138. The Morgan fingerprint density at radius 3 is 2.42 bits per heavy atom. The van der Waals surface area contributed by atoms with Crippen molar-refractivity contribution in [2.75, 3.05) is 13.1 Å². The van der Waals surface area contributed by atoms with E-state index in [4.69, 9.17) is 5.11 Å². The molecular formula is C14H20N2O3. The molecule has 1 atom stereocenters. The van der Waals surface area contributed by atoms with Gasteiger partial charge < -0.3 is 15.7 Å². The molecule has 0 bridgehead atoms. The van der Waals surface area contributed by atoms with E-state index in [1.807, 2.05) is 31.2 Å². The number of carboxylic acid groups (broad SMARTS) is 1. The lowest BCUT2D eigenvalue weighted by Gasteiger charge is -2.08. The fourth-order valence-electron chi connectivity index (χ4n) is 1.65. The molecule has 0 fully saturated rings. The molecular weight excluding hydrogens is 244 g/mol. The summed E-state index contributed by atoms with van der Waals surface area (Å²) < 4.78 is 0. The van der Waals surface area contributed by atoms with Gasteiger partial charge in [-0.1, -0.05) is 24.3 Å². The molecule has 0 saturated carbocycles. The molecule has 0 aliphatic carbocycles. The van der Waals surface area contributed by atoms with Crippen LogP contribution in [-0.2, 0) is 16.1 Å². The van der Waals surface area contributed by atoms with Gasteiger partial charge in [0, 0.05) is 13.1 Å². The van der Waals surface area contributed by atoms with E-state index in [1.54, 1.807) is 6.92 Å². The molecule has 1 rings (SSSR count). The van der Waals surface area contributed by atoms with Gasteiger partial charge in [0.15, 0.2) is 0 Å². The summed E-state index contributed by atoms with van der Waals surface area (Å²) >= 11 is 0. The number of hydrogen-bond acceptors (Lipinski definition) is 3. The lowest BCUT2D eigenvalue weighted by atomic mass is 10.0. The number of aliphatic carboxylic acids is 1. The molecule has 19 heavy (non-hydrogen) atoms. The molecule has 0 heterocycles. The highest BCUT2D eigenvalue weighted by Gasteiger charge is 2.12. The Hall–Kier alpha value is -1.88. The molecule has 0 aliphatic rings. The zero-order valence-corrected chi connectivity index (χ0v) is 11.3. The summed E-state index contributed by atoms with van der Waals surface area (Å²) in [6.45, 7) is 5.02. The number of likely N-dealkylation sites (N-methyl/N-ethyl adjacent to an activating group) is 1. The van der Waals surface area contributed by atoms with Gasteiger partial charge in [0.05, 0.1) is 12.5 Å². The Balaban J connectivity index is 2.44. The number of hydrogen-bond donors (Lipinski definition) is 3. The Kier molecular flexibility index (Phi) is 6.02. The number of benzene rings is 1. The first-order valence-electron chi connectivity index (χ1n) is 6.33. The minimum absolute atomic E-state index is 0.0291. The third kappa shape index (κ3) is 5.09. The van der Waals surface area contributed by atoms with Gasteiger partial charge in [-0.25, -0.2) is 0 Å². The summed E-state index contributed by atoms with van der Waals surface area (Å²) in [4.78, 5) is 22.0. The van der Waals surface area contributed by atoms with Gasteiger partial charge >= 0.3 is 5.97 Å². The third-order valence-corrected chi connectivity index (χ3v) is 2.84. The molecule has 3 N–H and O–H groups in total. The van der Waals surface area contributed by atoms with Crippen molar-refractivity contribution in [3.63, 3.8) is 0 Å². The molecule has 1 unspecified atom stereocenters. The van der Waals surface area contributed by atoms with Gasteiger partial charge in [0.1, 0.15) is 0 Å². The third-order valence-electron chi connectivity index (χ3n) is 2.84. The minimum atomic E-state index is -0.831. The number of amides is 1. The molecule has 1 aromatic rings. The summed E-state index contributed by atoms with van der Waals surface area (Å²) in [5.74, 6) is -1.36.